The van der Waals surface area contributed by atoms with Crippen LogP contribution in [0.5, 0.6) is 0 Å². The van der Waals surface area contributed by atoms with Crippen LogP contribution in [-0.4, -0.2) is 23.0 Å². The average Bonchev–Trinajstić information content (AvgIpc) is 2.68. The Morgan fingerprint density at radius 2 is 2.06 bits per heavy atom. The molecule has 16 heavy (non-hydrogen) atoms. The molecule has 1 rings (SSSR count). The number of hydrogen-bond acceptors (Lipinski definition) is 4. The molecule has 0 spiro atoms. The van der Waals surface area contributed by atoms with Crippen LogP contribution in [0, 0.1) is 10.1 Å². The highest BCUT2D eigenvalue weighted by Crippen LogP contribution is 2.36. The molecule has 0 bridgehead atoms. The van der Waals surface area contributed by atoms with Gasteiger partial charge in [0.15, 0.2) is 0 Å². The van der Waals surface area contributed by atoms with Gasteiger partial charge in [0.1, 0.15) is 0 Å². The number of carbonyl (C=O) groups excluding carboxylic acids is 1. The summed E-state index contributed by atoms with van der Waals surface area (Å²) in [6.07, 6.45) is 4.52. The van der Waals surface area contributed by atoms with E-state index >= 15 is 0 Å². The smallest absolute Gasteiger partial charge is 0.305 e. The highest BCUT2D eigenvalue weighted by molar-refractivity contribution is 5.69. The van der Waals surface area contributed by atoms with Crippen molar-refractivity contribution in [2.45, 2.75) is 57.4 Å². The van der Waals surface area contributed by atoms with Crippen molar-refractivity contribution in [1.82, 2.24) is 0 Å². The van der Waals surface area contributed by atoms with Crippen molar-refractivity contribution in [2.24, 2.45) is 0 Å². The maximum absolute atomic E-state index is 11.1. The van der Waals surface area contributed by atoms with Gasteiger partial charge in [-0.15, -0.1) is 0 Å². The second-order valence-electron chi connectivity index (χ2n) is 4.35. The van der Waals surface area contributed by atoms with Gasteiger partial charge >= 0.3 is 5.97 Å². The molecule has 0 atom stereocenters. The lowest BCUT2D eigenvalue weighted by atomic mass is 9.92. The molecule has 1 saturated carbocycles. The van der Waals surface area contributed by atoms with Crippen molar-refractivity contribution < 1.29 is 14.5 Å². The minimum absolute atomic E-state index is 0.148. The fraction of sp³-hybridized carbons (Fsp3) is 0.909. The monoisotopic (exact) mass is 229 g/mol. The summed E-state index contributed by atoms with van der Waals surface area (Å²) in [5.74, 6) is -0.251. The molecular formula is C11H19NO4. The standard InChI is InChI=1S/C11H19NO4/c1-2-16-10(13)6-5-9-11(12(14)15)7-3-4-8-11/h2-9H2,1H3. The van der Waals surface area contributed by atoms with E-state index in [0.29, 0.717) is 38.7 Å². The molecule has 0 radical (unpaired) electrons. The summed E-state index contributed by atoms with van der Waals surface area (Å²) in [6, 6.07) is 0. The van der Waals surface area contributed by atoms with Gasteiger partial charge < -0.3 is 4.74 Å². The molecule has 0 aliphatic heterocycles. The summed E-state index contributed by atoms with van der Waals surface area (Å²) >= 11 is 0. The number of nitro groups is 1. The highest BCUT2D eigenvalue weighted by Gasteiger charge is 2.44. The predicted octanol–water partition coefficient (Wildman–Crippen LogP) is 2.31. The predicted molar refractivity (Wildman–Crippen MR) is 58.7 cm³/mol. The summed E-state index contributed by atoms with van der Waals surface area (Å²) in [6.45, 7) is 2.13. The molecule has 0 aromatic heterocycles. The van der Waals surface area contributed by atoms with Crippen molar-refractivity contribution in [3.8, 4) is 0 Å². The molecular weight excluding hydrogens is 210 g/mol. The maximum atomic E-state index is 11.1. The lowest BCUT2D eigenvalue weighted by Gasteiger charge is -2.19. The average molecular weight is 229 g/mol. The zero-order valence-corrected chi connectivity index (χ0v) is 9.74. The van der Waals surface area contributed by atoms with Gasteiger partial charge in [-0.3, -0.25) is 14.9 Å². The van der Waals surface area contributed by atoms with Crippen LogP contribution in [0.4, 0.5) is 0 Å². The summed E-state index contributed by atoms with van der Waals surface area (Å²) in [5.41, 5.74) is -0.757. The van der Waals surface area contributed by atoms with Gasteiger partial charge in [-0.05, 0) is 26.2 Å². The van der Waals surface area contributed by atoms with Crippen LogP contribution >= 0.6 is 0 Å². The molecule has 1 aliphatic rings. The van der Waals surface area contributed by atoms with Crippen molar-refractivity contribution in [3.05, 3.63) is 10.1 Å². The number of nitrogens with zero attached hydrogens (tertiary/aromatic N) is 1. The van der Waals surface area contributed by atoms with Crippen LogP contribution in [0.15, 0.2) is 0 Å². The highest BCUT2D eigenvalue weighted by atomic mass is 16.6. The first kappa shape index (κ1) is 12.9. The maximum Gasteiger partial charge on any atom is 0.305 e. The van der Waals surface area contributed by atoms with Crippen LogP contribution < -0.4 is 0 Å². The van der Waals surface area contributed by atoms with Crippen LogP contribution in [0.2, 0.25) is 0 Å². The second kappa shape index (κ2) is 5.82. The Balaban J connectivity index is 2.34. The molecule has 0 aromatic carbocycles. The van der Waals surface area contributed by atoms with E-state index in [0.717, 1.165) is 12.8 Å². The van der Waals surface area contributed by atoms with Crippen LogP contribution in [0.3, 0.4) is 0 Å². The Morgan fingerprint density at radius 3 is 2.56 bits per heavy atom. The first-order valence-electron chi connectivity index (χ1n) is 5.91. The zero-order valence-electron chi connectivity index (χ0n) is 9.74. The van der Waals surface area contributed by atoms with Crippen LogP contribution in [0.1, 0.15) is 51.9 Å². The molecule has 0 heterocycles. The summed E-state index contributed by atoms with van der Waals surface area (Å²) in [4.78, 5) is 22.0. The zero-order chi connectivity index (χ0) is 12.0. The molecule has 1 aliphatic carbocycles. The molecule has 0 unspecified atom stereocenters. The minimum Gasteiger partial charge on any atom is -0.466 e. The van der Waals surface area contributed by atoms with Gasteiger partial charge in [-0.2, -0.15) is 0 Å². The largest absolute Gasteiger partial charge is 0.466 e. The van der Waals surface area contributed by atoms with Gasteiger partial charge in [0.2, 0.25) is 5.54 Å². The third kappa shape index (κ3) is 3.18. The third-order valence-electron chi connectivity index (χ3n) is 3.25. The van der Waals surface area contributed by atoms with E-state index in [1.165, 1.54) is 0 Å². The summed E-state index contributed by atoms with van der Waals surface area (Å²) in [5, 5.41) is 11.0. The molecule has 0 amide bonds. The van der Waals surface area contributed by atoms with E-state index in [2.05, 4.69) is 0 Å². The van der Waals surface area contributed by atoms with Crippen molar-refractivity contribution in [2.75, 3.05) is 6.61 Å². The van der Waals surface area contributed by atoms with Gasteiger partial charge in [0.25, 0.3) is 0 Å². The Morgan fingerprint density at radius 1 is 1.44 bits per heavy atom. The van der Waals surface area contributed by atoms with E-state index in [9.17, 15) is 14.9 Å². The number of carbonyl (C=O) groups is 1. The molecule has 0 N–H and O–H groups in total. The Kier molecular flexibility index (Phi) is 4.71. The number of rotatable bonds is 6. The Labute approximate surface area is 95.3 Å². The fourth-order valence-electron chi connectivity index (χ4n) is 2.35. The van der Waals surface area contributed by atoms with Crippen molar-refractivity contribution >= 4 is 5.97 Å². The van der Waals surface area contributed by atoms with E-state index in [1.54, 1.807) is 6.92 Å². The molecule has 92 valence electrons. The van der Waals surface area contributed by atoms with Crippen LogP contribution in [-0.2, 0) is 9.53 Å². The molecule has 5 heteroatoms. The number of ether oxygens (including phenoxy) is 1. The molecule has 5 nitrogen and oxygen atoms in total. The molecule has 0 saturated heterocycles. The lowest BCUT2D eigenvalue weighted by molar-refractivity contribution is -0.569. The van der Waals surface area contributed by atoms with Gasteiger partial charge in [-0.25, -0.2) is 0 Å². The Bertz CT molecular complexity index is 259. The molecule has 1 fully saturated rings. The normalized spacial score (nSPS) is 18.3. The van der Waals surface area contributed by atoms with E-state index in [1.807, 2.05) is 0 Å². The quantitative estimate of drug-likeness (QED) is 0.398. The SMILES string of the molecule is CCOC(=O)CCCC1([N+](=O)[O-])CCCC1. The van der Waals surface area contributed by atoms with Gasteiger partial charge in [-0.1, -0.05) is 0 Å². The topological polar surface area (TPSA) is 69.4 Å². The van der Waals surface area contributed by atoms with E-state index in [-0.39, 0.29) is 10.9 Å². The van der Waals surface area contributed by atoms with Crippen molar-refractivity contribution in [3.63, 3.8) is 0 Å². The first-order chi connectivity index (χ1) is 7.60. The minimum atomic E-state index is -0.757. The van der Waals surface area contributed by atoms with E-state index < -0.39 is 5.54 Å². The second-order valence-corrected chi connectivity index (χ2v) is 4.35. The first-order valence-corrected chi connectivity index (χ1v) is 5.91. The summed E-state index contributed by atoms with van der Waals surface area (Å²) < 4.78 is 4.79. The number of hydrogen-bond donors (Lipinski definition) is 0. The van der Waals surface area contributed by atoms with Crippen LogP contribution in [0.25, 0.3) is 0 Å². The Hall–Kier alpha value is -1.13. The third-order valence-corrected chi connectivity index (χ3v) is 3.25. The summed E-state index contributed by atoms with van der Waals surface area (Å²) in [7, 11) is 0. The van der Waals surface area contributed by atoms with E-state index in [4.69, 9.17) is 4.74 Å². The molecule has 0 aromatic rings. The fourth-order valence-corrected chi connectivity index (χ4v) is 2.35. The number of esters is 1. The van der Waals surface area contributed by atoms with Gasteiger partial charge in [0, 0.05) is 30.6 Å². The van der Waals surface area contributed by atoms with Gasteiger partial charge in [0.05, 0.1) is 6.61 Å². The lowest BCUT2D eigenvalue weighted by Crippen LogP contribution is -2.35. The van der Waals surface area contributed by atoms with Crippen molar-refractivity contribution in [1.29, 1.82) is 0 Å².